The molecule has 1 heterocycles. The van der Waals surface area contributed by atoms with Crippen molar-refractivity contribution < 1.29 is 14.3 Å². The minimum Gasteiger partial charge on any atom is -0.454 e. The number of hydrogen-bond donors (Lipinski definition) is 0. The molecule has 1 saturated carbocycles. The van der Waals surface area contributed by atoms with Gasteiger partial charge in [-0.15, -0.1) is 0 Å². The van der Waals surface area contributed by atoms with Crippen molar-refractivity contribution in [3.05, 3.63) is 34.8 Å². The zero-order chi connectivity index (χ0) is 11.3. The van der Waals surface area contributed by atoms with Crippen LogP contribution in [0.3, 0.4) is 0 Å². The quantitative estimate of drug-likeness (QED) is 0.585. The van der Waals surface area contributed by atoms with Crippen LogP contribution in [0.15, 0.2) is 34.8 Å². The van der Waals surface area contributed by atoms with Crippen molar-refractivity contribution in [2.45, 2.75) is 20.3 Å². The molecule has 3 nitrogen and oxygen atoms in total. The summed E-state index contributed by atoms with van der Waals surface area (Å²) < 4.78 is 10.7. The highest BCUT2D eigenvalue weighted by Crippen LogP contribution is 2.44. The summed E-state index contributed by atoms with van der Waals surface area (Å²) in [6.45, 7) is 4.30. The Hall–Kier alpha value is -1.51. The third kappa shape index (κ3) is 1.24. The van der Waals surface area contributed by atoms with Crippen LogP contribution in [0.2, 0.25) is 0 Å². The average Bonchev–Trinajstić information content (AvgIpc) is 2.75. The first-order valence-electron chi connectivity index (χ1n) is 5.57. The summed E-state index contributed by atoms with van der Waals surface area (Å²) in [6.07, 6.45) is 4.68. The summed E-state index contributed by atoms with van der Waals surface area (Å²) in [5, 5.41) is 0. The van der Waals surface area contributed by atoms with E-state index in [0.717, 1.165) is 22.7 Å². The Morgan fingerprint density at radius 3 is 2.62 bits per heavy atom. The second-order valence-electron chi connectivity index (χ2n) is 4.70. The maximum absolute atomic E-state index is 11.9. The molecule has 3 heteroatoms. The molecule has 0 spiro atoms. The van der Waals surface area contributed by atoms with E-state index in [-0.39, 0.29) is 17.6 Å². The van der Waals surface area contributed by atoms with Gasteiger partial charge >= 0.3 is 0 Å². The number of allylic oxidation sites excluding steroid dienone is 4. The molecule has 0 aromatic rings. The van der Waals surface area contributed by atoms with Gasteiger partial charge in [0.2, 0.25) is 6.79 Å². The van der Waals surface area contributed by atoms with Gasteiger partial charge in [0.1, 0.15) is 0 Å². The van der Waals surface area contributed by atoms with Crippen LogP contribution in [0.25, 0.3) is 0 Å². The fourth-order valence-electron chi connectivity index (χ4n) is 2.75. The number of hydrogen-bond acceptors (Lipinski definition) is 3. The lowest BCUT2D eigenvalue weighted by molar-refractivity contribution is -0.114. The maximum atomic E-state index is 11.9. The Labute approximate surface area is 94.4 Å². The zero-order valence-corrected chi connectivity index (χ0v) is 9.45. The predicted octanol–water partition coefficient (Wildman–Crippen LogP) is 2.31. The lowest BCUT2D eigenvalue weighted by atomic mass is 9.87. The minimum absolute atomic E-state index is 0.193. The van der Waals surface area contributed by atoms with Gasteiger partial charge in [-0.25, -0.2) is 0 Å². The molecule has 3 rings (SSSR count). The third-order valence-electron chi connectivity index (χ3n) is 3.42. The summed E-state index contributed by atoms with van der Waals surface area (Å²) >= 11 is 0. The number of fused-ring (bicyclic) bond motifs is 2. The Morgan fingerprint density at radius 2 is 1.94 bits per heavy atom. The number of rotatable bonds is 0. The van der Waals surface area contributed by atoms with E-state index in [9.17, 15) is 4.79 Å². The smallest absolute Gasteiger partial charge is 0.231 e. The standard InChI is InChI=1S/C13H14O3/c1-7(2)13-9-5-12-11(15-6-16-12)4-8(9)3-10(13)14/h4-5,8-9H,3,6H2,1-2H3. The molecule has 3 aliphatic rings. The monoisotopic (exact) mass is 218 g/mol. The maximum Gasteiger partial charge on any atom is 0.231 e. The Balaban J connectivity index is 2.05. The van der Waals surface area contributed by atoms with E-state index in [0.29, 0.717) is 13.2 Å². The van der Waals surface area contributed by atoms with Gasteiger partial charge in [-0.3, -0.25) is 4.79 Å². The molecule has 0 radical (unpaired) electrons. The van der Waals surface area contributed by atoms with Crippen LogP contribution in [-0.4, -0.2) is 12.6 Å². The highest BCUT2D eigenvalue weighted by molar-refractivity contribution is 6.00. The van der Waals surface area contributed by atoms with Crippen molar-refractivity contribution in [2.75, 3.05) is 6.79 Å². The molecule has 0 aromatic carbocycles. The van der Waals surface area contributed by atoms with Crippen molar-refractivity contribution in [1.82, 2.24) is 0 Å². The van der Waals surface area contributed by atoms with Crippen molar-refractivity contribution in [2.24, 2.45) is 11.8 Å². The van der Waals surface area contributed by atoms with E-state index in [1.165, 1.54) is 0 Å². The fraction of sp³-hybridized carbons (Fsp3) is 0.462. The van der Waals surface area contributed by atoms with E-state index >= 15 is 0 Å². The van der Waals surface area contributed by atoms with Gasteiger partial charge in [0, 0.05) is 17.9 Å². The lowest BCUT2D eigenvalue weighted by Crippen LogP contribution is -2.11. The first-order valence-corrected chi connectivity index (χ1v) is 5.57. The number of carbonyl (C=O) groups excluding carboxylic acids is 1. The van der Waals surface area contributed by atoms with E-state index in [4.69, 9.17) is 9.47 Å². The number of carbonyl (C=O) groups is 1. The molecule has 2 fully saturated rings. The molecular formula is C13H14O3. The van der Waals surface area contributed by atoms with Crippen molar-refractivity contribution >= 4 is 5.78 Å². The molecular weight excluding hydrogens is 204 g/mol. The third-order valence-corrected chi connectivity index (χ3v) is 3.42. The summed E-state index contributed by atoms with van der Waals surface area (Å²) in [4.78, 5) is 11.9. The molecule has 16 heavy (non-hydrogen) atoms. The Bertz CT molecular complexity index is 450. The van der Waals surface area contributed by atoms with Gasteiger partial charge in [-0.2, -0.15) is 0 Å². The van der Waals surface area contributed by atoms with E-state index in [1.54, 1.807) is 0 Å². The Morgan fingerprint density at radius 1 is 1.25 bits per heavy atom. The number of Topliss-reactive ketones (excluding diaryl/α,β-unsaturated/α-hetero) is 1. The van der Waals surface area contributed by atoms with E-state index in [2.05, 4.69) is 0 Å². The number of ketones is 1. The molecule has 0 amide bonds. The minimum atomic E-state index is 0.193. The molecule has 0 bridgehead atoms. The van der Waals surface area contributed by atoms with Crippen LogP contribution in [0.1, 0.15) is 20.3 Å². The Kier molecular flexibility index (Phi) is 1.96. The largest absolute Gasteiger partial charge is 0.454 e. The first-order chi connectivity index (χ1) is 7.66. The molecule has 84 valence electrons. The predicted molar refractivity (Wildman–Crippen MR) is 58.2 cm³/mol. The fourth-order valence-corrected chi connectivity index (χ4v) is 2.75. The second kappa shape index (κ2) is 3.24. The summed E-state index contributed by atoms with van der Waals surface area (Å²) in [5.41, 5.74) is 2.08. The van der Waals surface area contributed by atoms with Gasteiger partial charge in [0.05, 0.1) is 0 Å². The molecule has 0 N–H and O–H groups in total. The average molecular weight is 218 g/mol. The van der Waals surface area contributed by atoms with Gasteiger partial charge in [-0.05, 0) is 31.9 Å². The summed E-state index contributed by atoms with van der Waals surface area (Å²) in [5.74, 6) is 2.33. The molecule has 1 aliphatic heterocycles. The van der Waals surface area contributed by atoms with Crippen LogP contribution in [0.4, 0.5) is 0 Å². The first kappa shape index (κ1) is 9.70. The van der Waals surface area contributed by atoms with Gasteiger partial charge in [0.15, 0.2) is 17.3 Å². The van der Waals surface area contributed by atoms with Crippen molar-refractivity contribution in [3.63, 3.8) is 0 Å². The zero-order valence-electron chi connectivity index (χ0n) is 9.45. The summed E-state index contributed by atoms with van der Waals surface area (Å²) in [7, 11) is 0. The lowest BCUT2D eigenvalue weighted by Gasteiger charge is -2.18. The topological polar surface area (TPSA) is 35.5 Å². The molecule has 2 atom stereocenters. The SMILES string of the molecule is CC(C)=C1C(=O)CC2C=C3OCOC3=CC12. The van der Waals surface area contributed by atoms with Gasteiger partial charge in [-0.1, -0.05) is 5.57 Å². The number of ether oxygens (including phenoxy) is 2. The van der Waals surface area contributed by atoms with Crippen molar-refractivity contribution in [3.8, 4) is 0 Å². The van der Waals surface area contributed by atoms with Crippen LogP contribution in [0.5, 0.6) is 0 Å². The van der Waals surface area contributed by atoms with E-state index < -0.39 is 0 Å². The molecule has 0 aromatic heterocycles. The van der Waals surface area contributed by atoms with Crippen molar-refractivity contribution in [1.29, 1.82) is 0 Å². The molecule has 2 aliphatic carbocycles. The van der Waals surface area contributed by atoms with Crippen LogP contribution >= 0.6 is 0 Å². The van der Waals surface area contributed by atoms with E-state index in [1.807, 2.05) is 26.0 Å². The van der Waals surface area contributed by atoms with Crippen LogP contribution in [-0.2, 0) is 14.3 Å². The molecule has 1 saturated heterocycles. The highest BCUT2D eigenvalue weighted by atomic mass is 16.7. The summed E-state index contributed by atoms with van der Waals surface area (Å²) in [6, 6.07) is 0. The highest BCUT2D eigenvalue weighted by Gasteiger charge is 2.40. The second-order valence-corrected chi connectivity index (χ2v) is 4.70. The van der Waals surface area contributed by atoms with Crippen LogP contribution in [0, 0.1) is 11.8 Å². The van der Waals surface area contributed by atoms with Gasteiger partial charge in [0.25, 0.3) is 0 Å². The van der Waals surface area contributed by atoms with Crippen LogP contribution < -0.4 is 0 Å². The molecule has 2 unspecified atom stereocenters. The van der Waals surface area contributed by atoms with Gasteiger partial charge < -0.3 is 9.47 Å². The normalized spacial score (nSPS) is 31.1.